The van der Waals surface area contributed by atoms with E-state index in [0.717, 1.165) is 12.0 Å². The molecule has 0 radical (unpaired) electrons. The van der Waals surface area contributed by atoms with Crippen molar-refractivity contribution in [3.8, 4) is 11.5 Å². The van der Waals surface area contributed by atoms with Crippen LogP contribution in [0.15, 0.2) is 18.2 Å². The zero-order chi connectivity index (χ0) is 14.3. The number of methoxy groups -OCH3 is 1. The number of phenolic OH excluding ortho intramolecular Hbond substituents is 1. The SMILES string of the molecule is CCSCCC(C)NC(C)c1ccc(O)c(OC)c1. The Morgan fingerprint density at radius 1 is 1.37 bits per heavy atom. The summed E-state index contributed by atoms with van der Waals surface area (Å²) in [7, 11) is 1.57. The van der Waals surface area contributed by atoms with Gasteiger partial charge < -0.3 is 15.2 Å². The van der Waals surface area contributed by atoms with Gasteiger partial charge >= 0.3 is 0 Å². The fourth-order valence-electron chi connectivity index (χ4n) is 1.97. The van der Waals surface area contributed by atoms with Crippen LogP contribution < -0.4 is 10.1 Å². The first-order valence-electron chi connectivity index (χ1n) is 6.79. The molecule has 1 rings (SSSR count). The smallest absolute Gasteiger partial charge is 0.160 e. The number of nitrogens with one attached hydrogen (secondary N) is 1. The lowest BCUT2D eigenvalue weighted by molar-refractivity contribution is 0.371. The average molecular weight is 283 g/mol. The second kappa shape index (κ2) is 8.33. The van der Waals surface area contributed by atoms with Crippen LogP contribution in [0.5, 0.6) is 11.5 Å². The molecule has 0 aliphatic heterocycles. The summed E-state index contributed by atoms with van der Waals surface area (Å²) < 4.78 is 5.14. The molecule has 0 saturated carbocycles. The van der Waals surface area contributed by atoms with Gasteiger partial charge in [0, 0.05) is 12.1 Å². The Bertz CT molecular complexity index is 384. The number of aromatic hydroxyl groups is 1. The number of thioether (sulfide) groups is 1. The third-order valence-electron chi connectivity index (χ3n) is 3.14. The lowest BCUT2D eigenvalue weighted by Crippen LogP contribution is -2.29. The quantitative estimate of drug-likeness (QED) is 0.716. The van der Waals surface area contributed by atoms with Crippen LogP contribution in [0.4, 0.5) is 0 Å². The zero-order valence-electron chi connectivity index (χ0n) is 12.3. The van der Waals surface area contributed by atoms with Gasteiger partial charge in [0.25, 0.3) is 0 Å². The van der Waals surface area contributed by atoms with Gasteiger partial charge in [-0.1, -0.05) is 13.0 Å². The summed E-state index contributed by atoms with van der Waals surface area (Å²) in [5.74, 6) is 3.08. The summed E-state index contributed by atoms with van der Waals surface area (Å²) in [6.07, 6.45) is 1.16. The molecular weight excluding hydrogens is 258 g/mol. The van der Waals surface area contributed by atoms with Crippen LogP contribution in [0.3, 0.4) is 0 Å². The first kappa shape index (κ1) is 16.2. The van der Waals surface area contributed by atoms with E-state index in [-0.39, 0.29) is 11.8 Å². The molecule has 3 nitrogen and oxygen atoms in total. The van der Waals surface area contributed by atoms with E-state index in [1.165, 1.54) is 11.5 Å². The van der Waals surface area contributed by atoms with E-state index >= 15 is 0 Å². The van der Waals surface area contributed by atoms with Crippen molar-refractivity contribution in [1.82, 2.24) is 5.32 Å². The second-order valence-corrected chi connectivity index (χ2v) is 6.10. The number of phenols is 1. The number of hydrogen-bond donors (Lipinski definition) is 2. The summed E-state index contributed by atoms with van der Waals surface area (Å²) >= 11 is 1.97. The molecular formula is C15H25NO2S. The Hall–Kier alpha value is -0.870. The maximum Gasteiger partial charge on any atom is 0.160 e. The molecule has 4 heteroatoms. The van der Waals surface area contributed by atoms with Gasteiger partial charge in [-0.3, -0.25) is 0 Å². The Morgan fingerprint density at radius 2 is 2.11 bits per heavy atom. The van der Waals surface area contributed by atoms with Gasteiger partial charge in [0.05, 0.1) is 7.11 Å². The molecule has 108 valence electrons. The van der Waals surface area contributed by atoms with Gasteiger partial charge in [0.15, 0.2) is 11.5 Å². The van der Waals surface area contributed by atoms with Gasteiger partial charge in [-0.05, 0) is 49.5 Å². The molecule has 0 aromatic heterocycles. The minimum Gasteiger partial charge on any atom is -0.504 e. The molecule has 0 heterocycles. The third-order valence-corrected chi connectivity index (χ3v) is 4.07. The summed E-state index contributed by atoms with van der Waals surface area (Å²) in [6, 6.07) is 6.23. The molecule has 19 heavy (non-hydrogen) atoms. The summed E-state index contributed by atoms with van der Waals surface area (Å²) in [5.41, 5.74) is 1.13. The molecule has 0 aliphatic rings. The van der Waals surface area contributed by atoms with Crippen LogP contribution in [0.1, 0.15) is 38.8 Å². The molecule has 0 spiro atoms. The number of benzene rings is 1. The molecule has 0 saturated heterocycles. The average Bonchev–Trinajstić information content (AvgIpc) is 2.39. The fourth-order valence-corrected chi connectivity index (χ4v) is 2.78. The molecule has 1 aromatic carbocycles. The van der Waals surface area contributed by atoms with Crippen LogP contribution in [0, 0.1) is 0 Å². The summed E-state index contributed by atoms with van der Waals surface area (Å²) in [5, 5.41) is 13.2. The predicted octanol–water partition coefficient (Wildman–Crippen LogP) is 3.58. The topological polar surface area (TPSA) is 41.5 Å². The van der Waals surface area contributed by atoms with E-state index in [1.807, 2.05) is 23.9 Å². The van der Waals surface area contributed by atoms with Crippen LogP contribution in [0.25, 0.3) is 0 Å². The van der Waals surface area contributed by atoms with Crippen molar-refractivity contribution in [2.75, 3.05) is 18.6 Å². The van der Waals surface area contributed by atoms with Crippen molar-refractivity contribution in [3.63, 3.8) is 0 Å². The summed E-state index contributed by atoms with van der Waals surface area (Å²) in [6.45, 7) is 6.54. The van der Waals surface area contributed by atoms with Gasteiger partial charge in [0.1, 0.15) is 0 Å². The van der Waals surface area contributed by atoms with E-state index in [0.29, 0.717) is 11.8 Å². The molecule has 1 aromatic rings. The van der Waals surface area contributed by atoms with Crippen molar-refractivity contribution >= 4 is 11.8 Å². The number of hydrogen-bond acceptors (Lipinski definition) is 4. The van der Waals surface area contributed by atoms with Gasteiger partial charge in [-0.25, -0.2) is 0 Å². The lowest BCUT2D eigenvalue weighted by atomic mass is 10.1. The number of rotatable bonds is 8. The standard InChI is InChI=1S/C15H25NO2S/c1-5-19-9-8-11(2)16-12(3)13-6-7-14(17)15(10-13)18-4/h6-7,10-12,16-17H,5,8-9H2,1-4H3. The number of ether oxygens (including phenoxy) is 1. The van der Waals surface area contributed by atoms with Crippen molar-refractivity contribution < 1.29 is 9.84 Å². The monoisotopic (exact) mass is 283 g/mol. The Labute approximate surface area is 120 Å². The Balaban J connectivity index is 2.55. The van der Waals surface area contributed by atoms with Crippen LogP contribution >= 0.6 is 11.8 Å². The van der Waals surface area contributed by atoms with Crippen molar-refractivity contribution in [1.29, 1.82) is 0 Å². The van der Waals surface area contributed by atoms with E-state index in [2.05, 4.69) is 26.1 Å². The summed E-state index contributed by atoms with van der Waals surface area (Å²) in [4.78, 5) is 0. The molecule has 0 fully saturated rings. The fraction of sp³-hybridized carbons (Fsp3) is 0.600. The van der Waals surface area contributed by atoms with Gasteiger partial charge in [-0.2, -0.15) is 11.8 Å². The minimum atomic E-state index is 0.186. The van der Waals surface area contributed by atoms with Gasteiger partial charge in [-0.15, -0.1) is 0 Å². The van der Waals surface area contributed by atoms with Gasteiger partial charge in [0.2, 0.25) is 0 Å². The van der Waals surface area contributed by atoms with Crippen LogP contribution in [-0.2, 0) is 0 Å². The predicted molar refractivity (Wildman–Crippen MR) is 83.3 cm³/mol. The van der Waals surface area contributed by atoms with Crippen LogP contribution in [-0.4, -0.2) is 29.8 Å². The van der Waals surface area contributed by atoms with Crippen molar-refractivity contribution in [2.45, 2.75) is 39.3 Å². The van der Waals surface area contributed by atoms with E-state index < -0.39 is 0 Å². The lowest BCUT2D eigenvalue weighted by Gasteiger charge is -2.21. The van der Waals surface area contributed by atoms with E-state index in [9.17, 15) is 5.11 Å². The molecule has 0 bridgehead atoms. The largest absolute Gasteiger partial charge is 0.504 e. The Morgan fingerprint density at radius 3 is 2.74 bits per heavy atom. The highest BCUT2D eigenvalue weighted by atomic mass is 32.2. The minimum absolute atomic E-state index is 0.186. The highest BCUT2D eigenvalue weighted by molar-refractivity contribution is 7.99. The highest BCUT2D eigenvalue weighted by Gasteiger charge is 2.11. The zero-order valence-corrected chi connectivity index (χ0v) is 13.1. The maximum absolute atomic E-state index is 9.59. The maximum atomic E-state index is 9.59. The first-order valence-corrected chi connectivity index (χ1v) is 7.94. The second-order valence-electron chi connectivity index (χ2n) is 4.71. The first-order chi connectivity index (χ1) is 9.08. The Kier molecular flexibility index (Phi) is 7.10. The molecule has 2 atom stereocenters. The van der Waals surface area contributed by atoms with Crippen LogP contribution in [0.2, 0.25) is 0 Å². The van der Waals surface area contributed by atoms with Crippen molar-refractivity contribution in [3.05, 3.63) is 23.8 Å². The normalized spacial score (nSPS) is 14.1. The van der Waals surface area contributed by atoms with E-state index in [1.54, 1.807) is 13.2 Å². The van der Waals surface area contributed by atoms with E-state index in [4.69, 9.17) is 4.74 Å². The molecule has 2 N–H and O–H groups in total. The molecule has 0 aliphatic carbocycles. The van der Waals surface area contributed by atoms with Crippen molar-refractivity contribution in [2.24, 2.45) is 0 Å². The molecule has 2 unspecified atom stereocenters. The highest BCUT2D eigenvalue weighted by Crippen LogP contribution is 2.29. The molecule has 0 amide bonds. The third kappa shape index (κ3) is 5.33.